The molecule has 1 aliphatic rings. The van der Waals surface area contributed by atoms with E-state index < -0.39 is 0 Å². The van der Waals surface area contributed by atoms with E-state index in [1.807, 2.05) is 12.1 Å². The summed E-state index contributed by atoms with van der Waals surface area (Å²) < 4.78 is 10.5. The molecule has 0 radical (unpaired) electrons. The molecule has 2 rings (SSSR count). The molecule has 6 nitrogen and oxygen atoms in total. The molecule has 0 unspecified atom stereocenters. The lowest BCUT2D eigenvalue weighted by molar-refractivity contribution is -0.0212. The molecule has 22 heavy (non-hydrogen) atoms. The summed E-state index contributed by atoms with van der Waals surface area (Å²) in [5.74, 6) is -0.160. The molecular weight excluding hydrogens is 282 g/mol. The average molecular weight is 307 g/mol. The van der Waals surface area contributed by atoms with Crippen LogP contribution in [0.1, 0.15) is 22.8 Å². The van der Waals surface area contributed by atoms with Gasteiger partial charge >= 0.3 is 0 Å². The standard InChI is InChI=1S/C16H25N3O3/c1-12-10-19(6-8-22-12)11-13-3-4-15(17)14(9-13)16(20)18-5-7-21-2/h3-4,9,12H,5-8,10-11,17H2,1-2H3,(H,18,20)/t12-/m1/s1. The van der Waals surface area contributed by atoms with Crippen LogP contribution in [-0.2, 0) is 16.0 Å². The number of rotatable bonds is 6. The van der Waals surface area contributed by atoms with Crippen LogP contribution >= 0.6 is 0 Å². The van der Waals surface area contributed by atoms with Crippen LogP contribution in [0.15, 0.2) is 18.2 Å². The first kappa shape index (κ1) is 16.7. The molecule has 6 heteroatoms. The van der Waals surface area contributed by atoms with E-state index in [4.69, 9.17) is 15.2 Å². The number of morpholine rings is 1. The zero-order chi connectivity index (χ0) is 15.9. The van der Waals surface area contributed by atoms with Gasteiger partial charge in [-0.2, -0.15) is 0 Å². The zero-order valence-corrected chi connectivity index (χ0v) is 13.3. The predicted octanol–water partition coefficient (Wildman–Crippen LogP) is 0.866. The molecule has 1 saturated heterocycles. The van der Waals surface area contributed by atoms with Crippen LogP contribution in [0.2, 0.25) is 0 Å². The van der Waals surface area contributed by atoms with Crippen LogP contribution < -0.4 is 11.1 Å². The van der Waals surface area contributed by atoms with Crippen molar-refractivity contribution < 1.29 is 14.3 Å². The number of nitrogens with two attached hydrogens (primary N) is 1. The van der Waals surface area contributed by atoms with E-state index in [9.17, 15) is 4.79 Å². The fourth-order valence-corrected chi connectivity index (χ4v) is 2.55. The highest BCUT2D eigenvalue weighted by atomic mass is 16.5. The Balaban J connectivity index is 2.01. The number of carbonyl (C=O) groups excluding carboxylic acids is 1. The number of carbonyl (C=O) groups is 1. The summed E-state index contributed by atoms with van der Waals surface area (Å²) in [6.07, 6.45) is 0.249. The number of nitrogen functional groups attached to an aromatic ring is 1. The van der Waals surface area contributed by atoms with Crippen molar-refractivity contribution in [3.8, 4) is 0 Å². The molecule has 122 valence electrons. The monoisotopic (exact) mass is 307 g/mol. The number of nitrogens with one attached hydrogen (secondary N) is 1. The van der Waals surface area contributed by atoms with Crippen LogP contribution in [0, 0.1) is 0 Å². The highest BCUT2D eigenvalue weighted by Crippen LogP contribution is 2.17. The second-order valence-corrected chi connectivity index (χ2v) is 5.59. The van der Waals surface area contributed by atoms with E-state index in [1.165, 1.54) is 0 Å². The summed E-state index contributed by atoms with van der Waals surface area (Å²) in [7, 11) is 1.60. The van der Waals surface area contributed by atoms with Crippen molar-refractivity contribution in [3.05, 3.63) is 29.3 Å². The Hall–Kier alpha value is -1.63. The highest BCUT2D eigenvalue weighted by Gasteiger charge is 2.17. The molecule has 0 aromatic heterocycles. The van der Waals surface area contributed by atoms with Crippen molar-refractivity contribution in [2.24, 2.45) is 0 Å². The summed E-state index contributed by atoms with van der Waals surface area (Å²) in [5.41, 5.74) is 8.03. The quantitative estimate of drug-likeness (QED) is 0.602. The fourth-order valence-electron chi connectivity index (χ4n) is 2.55. The van der Waals surface area contributed by atoms with Crippen LogP contribution in [0.25, 0.3) is 0 Å². The Kier molecular flexibility index (Phi) is 6.18. The van der Waals surface area contributed by atoms with Crippen molar-refractivity contribution in [2.75, 3.05) is 45.7 Å². The van der Waals surface area contributed by atoms with Crippen molar-refractivity contribution >= 4 is 11.6 Å². The number of ether oxygens (including phenoxy) is 2. The van der Waals surface area contributed by atoms with Gasteiger partial charge in [0.1, 0.15) is 0 Å². The first-order valence-corrected chi connectivity index (χ1v) is 7.59. The number of hydrogen-bond acceptors (Lipinski definition) is 5. The van der Waals surface area contributed by atoms with Gasteiger partial charge in [-0.3, -0.25) is 9.69 Å². The minimum atomic E-state index is -0.160. The first-order valence-electron chi connectivity index (χ1n) is 7.59. The molecule has 0 bridgehead atoms. The number of benzene rings is 1. The van der Waals surface area contributed by atoms with Crippen LogP contribution in [-0.4, -0.2) is 56.9 Å². The van der Waals surface area contributed by atoms with Crippen molar-refractivity contribution in [3.63, 3.8) is 0 Å². The Morgan fingerprint density at radius 1 is 1.55 bits per heavy atom. The molecule has 0 aliphatic carbocycles. The third-order valence-corrected chi connectivity index (χ3v) is 3.69. The second-order valence-electron chi connectivity index (χ2n) is 5.59. The normalized spacial score (nSPS) is 19.1. The van der Waals surface area contributed by atoms with Gasteiger partial charge in [0.15, 0.2) is 0 Å². The predicted molar refractivity (Wildman–Crippen MR) is 85.8 cm³/mol. The van der Waals surface area contributed by atoms with E-state index in [0.717, 1.165) is 31.8 Å². The summed E-state index contributed by atoms with van der Waals surface area (Å²) >= 11 is 0. The third kappa shape index (κ3) is 4.69. The highest BCUT2D eigenvalue weighted by molar-refractivity contribution is 5.99. The van der Waals surface area contributed by atoms with E-state index >= 15 is 0 Å². The maximum absolute atomic E-state index is 12.2. The van der Waals surface area contributed by atoms with E-state index in [2.05, 4.69) is 17.1 Å². The Labute approximate surface area is 131 Å². The molecule has 1 aliphatic heterocycles. The van der Waals surface area contributed by atoms with Gasteiger partial charge in [0.25, 0.3) is 5.91 Å². The van der Waals surface area contributed by atoms with Gasteiger partial charge in [-0.1, -0.05) is 6.07 Å². The first-order chi connectivity index (χ1) is 10.6. The molecule has 1 amide bonds. The van der Waals surface area contributed by atoms with Crippen molar-refractivity contribution in [1.29, 1.82) is 0 Å². The Bertz CT molecular complexity index is 507. The molecule has 3 N–H and O–H groups in total. The maximum Gasteiger partial charge on any atom is 0.253 e. The molecule has 1 heterocycles. The molecule has 1 aromatic rings. The van der Waals surface area contributed by atoms with Gasteiger partial charge in [0.2, 0.25) is 0 Å². The summed E-state index contributed by atoms with van der Waals surface area (Å²) in [6, 6.07) is 5.64. The van der Waals surface area contributed by atoms with Gasteiger partial charge in [-0.25, -0.2) is 0 Å². The minimum absolute atomic E-state index is 0.160. The fraction of sp³-hybridized carbons (Fsp3) is 0.562. The lowest BCUT2D eigenvalue weighted by Crippen LogP contribution is -2.40. The Morgan fingerprint density at radius 3 is 3.09 bits per heavy atom. The molecular formula is C16H25N3O3. The van der Waals surface area contributed by atoms with Gasteiger partial charge in [0, 0.05) is 39.0 Å². The van der Waals surface area contributed by atoms with Gasteiger partial charge in [-0.05, 0) is 24.6 Å². The summed E-state index contributed by atoms with van der Waals surface area (Å²) in [4.78, 5) is 14.5. The largest absolute Gasteiger partial charge is 0.398 e. The lowest BCUT2D eigenvalue weighted by atomic mass is 10.1. The number of nitrogens with zero attached hydrogens (tertiary/aromatic N) is 1. The third-order valence-electron chi connectivity index (χ3n) is 3.69. The number of anilines is 1. The number of amides is 1. The molecule has 0 spiro atoms. The average Bonchev–Trinajstić information content (AvgIpc) is 2.49. The topological polar surface area (TPSA) is 76.8 Å². The SMILES string of the molecule is COCCNC(=O)c1cc(CN2CCO[C@H](C)C2)ccc1N. The lowest BCUT2D eigenvalue weighted by Gasteiger charge is -2.31. The van der Waals surface area contributed by atoms with Crippen molar-refractivity contribution in [2.45, 2.75) is 19.6 Å². The number of hydrogen-bond donors (Lipinski definition) is 2. The smallest absolute Gasteiger partial charge is 0.253 e. The van der Waals surface area contributed by atoms with Crippen LogP contribution in [0.4, 0.5) is 5.69 Å². The summed E-state index contributed by atoms with van der Waals surface area (Å²) in [6.45, 7) is 6.39. The maximum atomic E-state index is 12.2. The van der Waals surface area contributed by atoms with Crippen molar-refractivity contribution in [1.82, 2.24) is 10.2 Å². The Morgan fingerprint density at radius 2 is 2.36 bits per heavy atom. The molecule has 1 fully saturated rings. The van der Waals surface area contributed by atoms with Gasteiger partial charge in [0.05, 0.1) is 24.9 Å². The van der Waals surface area contributed by atoms with E-state index in [1.54, 1.807) is 13.2 Å². The summed E-state index contributed by atoms with van der Waals surface area (Å²) in [5, 5.41) is 2.80. The zero-order valence-electron chi connectivity index (χ0n) is 13.3. The molecule has 1 aromatic carbocycles. The second kappa shape index (κ2) is 8.12. The molecule has 0 saturated carbocycles. The van der Waals surface area contributed by atoms with Gasteiger partial charge in [-0.15, -0.1) is 0 Å². The van der Waals surface area contributed by atoms with E-state index in [-0.39, 0.29) is 12.0 Å². The van der Waals surface area contributed by atoms with E-state index in [0.29, 0.717) is 24.4 Å². The van der Waals surface area contributed by atoms with Crippen LogP contribution in [0.5, 0.6) is 0 Å². The number of methoxy groups -OCH3 is 1. The molecule has 1 atom stereocenters. The van der Waals surface area contributed by atoms with Gasteiger partial charge < -0.3 is 20.5 Å². The van der Waals surface area contributed by atoms with Crippen LogP contribution in [0.3, 0.4) is 0 Å². The minimum Gasteiger partial charge on any atom is -0.398 e.